The predicted molar refractivity (Wildman–Crippen MR) is 48.1 cm³/mol. The molecule has 0 aliphatic heterocycles. The van der Waals surface area contributed by atoms with Crippen LogP contribution in [0, 0.1) is 11.8 Å². The van der Waals surface area contributed by atoms with E-state index in [1.807, 2.05) is 0 Å². The van der Waals surface area contributed by atoms with Gasteiger partial charge < -0.3 is 0 Å². The number of hydrogen-bond donors (Lipinski definition) is 0. The first-order valence-electron chi connectivity index (χ1n) is 4.68. The van der Waals surface area contributed by atoms with Crippen LogP contribution in [0.25, 0.3) is 0 Å². The zero-order chi connectivity index (χ0) is 7.98. The highest BCUT2D eigenvalue weighted by Gasteiger charge is 2.04. The molecular formula is C10H22. The number of rotatable bonds is 5. The number of hydrogen-bond acceptors (Lipinski definition) is 0. The Bertz CT molecular complexity index is 64.4. The molecule has 0 heteroatoms. The fourth-order valence-electron chi connectivity index (χ4n) is 1.05. The Hall–Kier alpha value is 0. The Morgan fingerprint density at radius 3 is 2.00 bits per heavy atom. The quantitative estimate of drug-likeness (QED) is 0.511. The zero-order valence-electron chi connectivity index (χ0n) is 7.98. The first-order chi connectivity index (χ1) is 4.68. The summed E-state index contributed by atoms with van der Waals surface area (Å²) in [6, 6.07) is 0. The van der Waals surface area contributed by atoms with Gasteiger partial charge in [0.1, 0.15) is 0 Å². The molecule has 0 N–H and O–H groups in total. The van der Waals surface area contributed by atoms with Gasteiger partial charge in [-0.25, -0.2) is 0 Å². The van der Waals surface area contributed by atoms with Crippen molar-refractivity contribution >= 4 is 0 Å². The second-order valence-corrected chi connectivity index (χ2v) is 3.72. The van der Waals surface area contributed by atoms with Crippen molar-refractivity contribution in [3.63, 3.8) is 0 Å². The average Bonchev–Trinajstić information content (AvgIpc) is 1.88. The highest BCUT2D eigenvalue weighted by atomic mass is 14.1. The maximum absolute atomic E-state index is 2.36. The molecule has 0 saturated carbocycles. The Morgan fingerprint density at radius 1 is 1.00 bits per heavy atom. The van der Waals surface area contributed by atoms with Crippen LogP contribution in [0.5, 0.6) is 0 Å². The fraction of sp³-hybridized carbons (Fsp3) is 1.00. The molecule has 62 valence electrons. The molecule has 0 spiro atoms. The zero-order valence-corrected chi connectivity index (χ0v) is 7.98. The van der Waals surface area contributed by atoms with Crippen LogP contribution in [0.15, 0.2) is 0 Å². The van der Waals surface area contributed by atoms with E-state index in [4.69, 9.17) is 0 Å². The van der Waals surface area contributed by atoms with Crippen LogP contribution in [-0.4, -0.2) is 0 Å². The summed E-state index contributed by atoms with van der Waals surface area (Å²) in [6.07, 6.45) is 5.61. The van der Waals surface area contributed by atoms with Gasteiger partial charge >= 0.3 is 0 Å². The summed E-state index contributed by atoms with van der Waals surface area (Å²) in [6.45, 7) is 9.26. The van der Waals surface area contributed by atoms with Crippen molar-refractivity contribution in [2.45, 2.75) is 53.4 Å². The molecule has 0 rings (SSSR count). The predicted octanol–water partition coefficient (Wildman–Crippen LogP) is 3.86. The SMILES string of the molecule is CCCCC[C@H](C)C(C)C. The summed E-state index contributed by atoms with van der Waals surface area (Å²) in [5.41, 5.74) is 0. The molecular weight excluding hydrogens is 120 g/mol. The minimum absolute atomic E-state index is 0.872. The van der Waals surface area contributed by atoms with Gasteiger partial charge in [0.15, 0.2) is 0 Å². The van der Waals surface area contributed by atoms with E-state index in [0.717, 1.165) is 11.8 Å². The molecule has 0 aromatic carbocycles. The molecule has 0 aliphatic carbocycles. The molecule has 10 heavy (non-hydrogen) atoms. The molecule has 1 atom stereocenters. The van der Waals surface area contributed by atoms with Crippen LogP contribution in [0.3, 0.4) is 0 Å². The lowest BCUT2D eigenvalue weighted by Crippen LogP contribution is -2.02. The molecule has 0 saturated heterocycles. The summed E-state index contributed by atoms with van der Waals surface area (Å²) >= 11 is 0. The molecule has 0 heterocycles. The maximum atomic E-state index is 2.36. The van der Waals surface area contributed by atoms with Gasteiger partial charge in [-0.15, -0.1) is 0 Å². The minimum atomic E-state index is 0.872. The molecule has 0 aromatic rings. The van der Waals surface area contributed by atoms with Crippen molar-refractivity contribution in [2.24, 2.45) is 11.8 Å². The van der Waals surface area contributed by atoms with Crippen molar-refractivity contribution in [1.82, 2.24) is 0 Å². The smallest absolute Gasteiger partial charge is 0.0420 e. The Labute approximate surface area is 66.0 Å². The van der Waals surface area contributed by atoms with Gasteiger partial charge in [-0.05, 0) is 11.8 Å². The van der Waals surface area contributed by atoms with Gasteiger partial charge in [-0.3, -0.25) is 0 Å². The van der Waals surface area contributed by atoms with Crippen molar-refractivity contribution in [1.29, 1.82) is 0 Å². The topological polar surface area (TPSA) is 0 Å². The molecule has 0 nitrogen and oxygen atoms in total. The van der Waals surface area contributed by atoms with Crippen molar-refractivity contribution in [3.8, 4) is 0 Å². The summed E-state index contributed by atoms with van der Waals surface area (Å²) in [7, 11) is 0. The largest absolute Gasteiger partial charge is 0.0654 e. The molecule has 0 fully saturated rings. The van der Waals surface area contributed by atoms with Gasteiger partial charge in [-0.1, -0.05) is 53.4 Å². The van der Waals surface area contributed by atoms with E-state index in [-0.39, 0.29) is 0 Å². The van der Waals surface area contributed by atoms with Crippen LogP contribution in [0.2, 0.25) is 0 Å². The highest BCUT2D eigenvalue weighted by Crippen LogP contribution is 2.17. The lowest BCUT2D eigenvalue weighted by atomic mass is 9.92. The van der Waals surface area contributed by atoms with E-state index in [1.165, 1.54) is 25.7 Å². The Morgan fingerprint density at radius 2 is 1.60 bits per heavy atom. The van der Waals surface area contributed by atoms with E-state index in [2.05, 4.69) is 27.7 Å². The van der Waals surface area contributed by atoms with Crippen LogP contribution in [0.4, 0.5) is 0 Å². The molecule has 0 bridgehead atoms. The van der Waals surface area contributed by atoms with Gasteiger partial charge in [0.25, 0.3) is 0 Å². The molecule has 0 aliphatic rings. The van der Waals surface area contributed by atoms with Gasteiger partial charge in [0.2, 0.25) is 0 Å². The average molecular weight is 142 g/mol. The summed E-state index contributed by atoms with van der Waals surface area (Å²) < 4.78 is 0. The molecule has 0 unspecified atom stereocenters. The lowest BCUT2D eigenvalue weighted by Gasteiger charge is -2.14. The van der Waals surface area contributed by atoms with Crippen LogP contribution < -0.4 is 0 Å². The highest BCUT2D eigenvalue weighted by molar-refractivity contribution is 4.56. The van der Waals surface area contributed by atoms with E-state index in [1.54, 1.807) is 0 Å². The van der Waals surface area contributed by atoms with Crippen LogP contribution >= 0.6 is 0 Å². The van der Waals surface area contributed by atoms with Crippen LogP contribution in [0.1, 0.15) is 53.4 Å². The number of unbranched alkanes of at least 4 members (excludes halogenated alkanes) is 2. The normalized spacial score (nSPS) is 14.1. The minimum Gasteiger partial charge on any atom is -0.0654 e. The fourth-order valence-corrected chi connectivity index (χ4v) is 1.05. The Balaban J connectivity index is 3.13. The molecule has 0 radical (unpaired) electrons. The van der Waals surface area contributed by atoms with Gasteiger partial charge in [0, 0.05) is 0 Å². The van der Waals surface area contributed by atoms with E-state index in [0.29, 0.717) is 0 Å². The van der Waals surface area contributed by atoms with Gasteiger partial charge in [-0.2, -0.15) is 0 Å². The third-order valence-corrected chi connectivity index (χ3v) is 2.40. The standard InChI is InChI=1S/C10H22/c1-5-6-7-8-10(4)9(2)3/h9-10H,5-8H2,1-4H3/t10-/m0/s1. The van der Waals surface area contributed by atoms with E-state index < -0.39 is 0 Å². The van der Waals surface area contributed by atoms with E-state index >= 15 is 0 Å². The summed E-state index contributed by atoms with van der Waals surface area (Å²) in [5, 5.41) is 0. The first-order valence-corrected chi connectivity index (χ1v) is 4.68. The van der Waals surface area contributed by atoms with Crippen molar-refractivity contribution in [3.05, 3.63) is 0 Å². The van der Waals surface area contributed by atoms with Gasteiger partial charge in [0.05, 0.1) is 0 Å². The molecule has 0 aromatic heterocycles. The molecule has 0 amide bonds. The lowest BCUT2D eigenvalue weighted by molar-refractivity contribution is 0.377. The maximum Gasteiger partial charge on any atom is -0.0420 e. The third-order valence-electron chi connectivity index (χ3n) is 2.40. The second-order valence-electron chi connectivity index (χ2n) is 3.72. The van der Waals surface area contributed by atoms with Crippen molar-refractivity contribution < 1.29 is 0 Å². The first kappa shape index (κ1) is 10.0. The summed E-state index contributed by atoms with van der Waals surface area (Å²) in [4.78, 5) is 0. The monoisotopic (exact) mass is 142 g/mol. The Kier molecular flexibility index (Phi) is 5.76. The van der Waals surface area contributed by atoms with Crippen molar-refractivity contribution in [2.75, 3.05) is 0 Å². The van der Waals surface area contributed by atoms with E-state index in [9.17, 15) is 0 Å². The third kappa shape index (κ3) is 4.84. The second kappa shape index (κ2) is 5.76. The van der Waals surface area contributed by atoms with Crippen LogP contribution in [-0.2, 0) is 0 Å². The summed E-state index contributed by atoms with van der Waals surface area (Å²) in [5.74, 6) is 1.79.